The number of carbonyl (C=O) groups is 1. The van der Waals surface area contributed by atoms with Crippen LogP contribution in [0.5, 0.6) is 11.5 Å². The molecule has 0 fully saturated rings. The van der Waals surface area contributed by atoms with Gasteiger partial charge in [-0.05, 0) is 41.5 Å². The predicted octanol–water partition coefficient (Wildman–Crippen LogP) is 7.56. The van der Waals surface area contributed by atoms with Gasteiger partial charge in [-0.15, -0.1) is 0 Å². The second-order valence-electron chi connectivity index (χ2n) is 8.59. The smallest absolute Gasteiger partial charge is 0.321 e. The van der Waals surface area contributed by atoms with Gasteiger partial charge < -0.3 is 9.47 Å². The quantitative estimate of drug-likeness (QED) is 0.112. The van der Waals surface area contributed by atoms with E-state index in [-0.39, 0.29) is 5.75 Å². The van der Waals surface area contributed by atoms with Crippen LogP contribution in [-0.4, -0.2) is 16.7 Å². The molecule has 0 aliphatic heterocycles. The van der Waals surface area contributed by atoms with E-state index in [2.05, 4.69) is 6.07 Å². The molecule has 0 radical (unpaired) electrons. The number of thioether (sulfide) groups is 1. The molecular weight excluding hydrogens is 504 g/mol. The van der Waals surface area contributed by atoms with Crippen LogP contribution in [0.3, 0.4) is 0 Å². The number of carbonyl (C=O) groups excluding carboxylic acids is 1. The van der Waals surface area contributed by atoms with E-state index in [0.29, 0.717) is 28.7 Å². The molecule has 0 spiro atoms. The third kappa shape index (κ3) is 6.72. The molecule has 0 aliphatic carbocycles. The highest BCUT2D eigenvalue weighted by atomic mass is 32.2. The van der Waals surface area contributed by atoms with E-state index >= 15 is 0 Å². The van der Waals surface area contributed by atoms with Gasteiger partial charge in [0, 0.05) is 11.1 Å². The second kappa shape index (κ2) is 12.6. The van der Waals surface area contributed by atoms with E-state index in [4.69, 9.17) is 14.5 Å². The fraction of sp³-hybridized carbons (Fsp3) is 0.0606. The molecule has 5 nitrogen and oxygen atoms in total. The van der Waals surface area contributed by atoms with Crippen molar-refractivity contribution in [3.8, 4) is 40.0 Å². The lowest BCUT2D eigenvalue weighted by Gasteiger charge is -2.12. The van der Waals surface area contributed by atoms with Crippen molar-refractivity contribution in [2.45, 2.75) is 11.6 Å². The lowest BCUT2D eigenvalue weighted by molar-refractivity contribution is -0.131. The maximum atomic E-state index is 12.7. The summed E-state index contributed by atoms with van der Waals surface area (Å²) >= 11 is 1.19. The lowest BCUT2D eigenvalue weighted by atomic mass is 9.99. The molecule has 4 aromatic carbocycles. The summed E-state index contributed by atoms with van der Waals surface area (Å²) in [4.78, 5) is 17.5. The van der Waals surface area contributed by atoms with Gasteiger partial charge in [0.1, 0.15) is 29.2 Å². The third-order valence-corrected chi connectivity index (χ3v) is 6.83. The van der Waals surface area contributed by atoms with E-state index < -0.39 is 5.97 Å². The normalized spacial score (nSPS) is 10.4. The van der Waals surface area contributed by atoms with Gasteiger partial charge in [0.25, 0.3) is 0 Å². The first-order chi connectivity index (χ1) is 19.2. The number of benzene rings is 4. The minimum Gasteiger partial charge on any atom is -0.489 e. The van der Waals surface area contributed by atoms with Crippen molar-refractivity contribution in [1.82, 2.24) is 4.98 Å². The largest absolute Gasteiger partial charge is 0.489 e. The number of pyridine rings is 1. The minimum atomic E-state index is -0.435. The third-order valence-electron chi connectivity index (χ3n) is 5.88. The van der Waals surface area contributed by atoms with Crippen LogP contribution in [0.25, 0.3) is 22.4 Å². The standard InChI is InChI=1S/C33H24N2O3S/c34-21-30-29(25-12-6-2-7-13-25)20-31(26-14-8-3-9-15-26)35-33(30)39-23-32(36)38-28-18-16-27(17-19-28)37-22-24-10-4-1-5-11-24/h1-20H,22-23H2. The fourth-order valence-corrected chi connectivity index (χ4v) is 4.75. The van der Waals surface area contributed by atoms with Crippen LogP contribution < -0.4 is 9.47 Å². The molecule has 5 rings (SSSR count). The lowest BCUT2D eigenvalue weighted by Crippen LogP contribution is -2.11. The van der Waals surface area contributed by atoms with Gasteiger partial charge >= 0.3 is 5.97 Å². The monoisotopic (exact) mass is 528 g/mol. The van der Waals surface area contributed by atoms with Crippen molar-refractivity contribution >= 4 is 17.7 Å². The maximum absolute atomic E-state index is 12.7. The average Bonchev–Trinajstić information content (AvgIpc) is 3.00. The molecule has 0 aliphatic rings. The van der Waals surface area contributed by atoms with Crippen LogP contribution >= 0.6 is 11.8 Å². The number of esters is 1. The Balaban J connectivity index is 1.29. The Hall–Kier alpha value is -4.86. The van der Waals surface area contributed by atoms with E-state index in [1.54, 1.807) is 24.3 Å². The number of aromatic nitrogens is 1. The van der Waals surface area contributed by atoms with Crippen LogP contribution in [-0.2, 0) is 11.4 Å². The Bertz CT molecular complexity index is 1580. The summed E-state index contributed by atoms with van der Waals surface area (Å²) in [6, 6.07) is 40.5. The van der Waals surface area contributed by atoms with Gasteiger partial charge in [0.2, 0.25) is 0 Å². The molecule has 0 saturated carbocycles. The summed E-state index contributed by atoms with van der Waals surface area (Å²) in [5, 5.41) is 10.5. The molecule has 1 aromatic heterocycles. The molecule has 6 heteroatoms. The van der Waals surface area contributed by atoms with Crippen molar-refractivity contribution in [3.63, 3.8) is 0 Å². The van der Waals surface area contributed by atoms with Gasteiger partial charge in [0.05, 0.1) is 17.0 Å². The number of rotatable bonds is 9. The topological polar surface area (TPSA) is 72.2 Å². The zero-order chi connectivity index (χ0) is 26.9. The van der Waals surface area contributed by atoms with Crippen molar-refractivity contribution in [1.29, 1.82) is 5.26 Å². The molecule has 0 atom stereocenters. The van der Waals surface area contributed by atoms with Crippen LogP contribution in [0.4, 0.5) is 0 Å². The predicted molar refractivity (Wildman–Crippen MR) is 153 cm³/mol. The van der Waals surface area contributed by atoms with Crippen molar-refractivity contribution < 1.29 is 14.3 Å². The molecule has 5 aromatic rings. The summed E-state index contributed by atoms with van der Waals surface area (Å²) in [7, 11) is 0. The minimum absolute atomic E-state index is 0.000408. The highest BCUT2D eigenvalue weighted by Gasteiger charge is 2.17. The molecule has 190 valence electrons. The zero-order valence-electron chi connectivity index (χ0n) is 21.0. The highest BCUT2D eigenvalue weighted by Crippen LogP contribution is 2.34. The summed E-state index contributed by atoms with van der Waals surface area (Å²) < 4.78 is 11.3. The molecule has 0 N–H and O–H groups in total. The molecule has 0 saturated heterocycles. The van der Waals surface area contributed by atoms with Crippen LogP contribution in [0.15, 0.2) is 126 Å². The van der Waals surface area contributed by atoms with E-state index in [1.165, 1.54) is 11.8 Å². The van der Waals surface area contributed by atoms with Crippen LogP contribution in [0.2, 0.25) is 0 Å². The summed E-state index contributed by atoms with van der Waals surface area (Å²) in [5.74, 6) is 0.668. The number of hydrogen-bond acceptors (Lipinski definition) is 6. The Morgan fingerprint density at radius 3 is 2.00 bits per heavy atom. The Kier molecular flexibility index (Phi) is 8.32. The summed E-state index contributed by atoms with van der Waals surface area (Å²) in [6.07, 6.45) is 0. The van der Waals surface area contributed by atoms with Gasteiger partial charge in [0.15, 0.2) is 0 Å². The summed E-state index contributed by atoms with van der Waals surface area (Å²) in [5.41, 5.74) is 4.84. The number of nitrogens with zero attached hydrogens (tertiary/aromatic N) is 2. The molecule has 0 amide bonds. The molecule has 0 bridgehead atoms. The van der Waals surface area contributed by atoms with E-state index in [1.807, 2.05) is 97.1 Å². The van der Waals surface area contributed by atoms with Crippen LogP contribution in [0, 0.1) is 11.3 Å². The fourth-order valence-electron chi connectivity index (χ4n) is 3.97. The number of nitriles is 1. The molecule has 1 heterocycles. The molecule has 0 unspecified atom stereocenters. The van der Waals surface area contributed by atoms with E-state index in [9.17, 15) is 10.1 Å². The Morgan fingerprint density at radius 1 is 0.769 bits per heavy atom. The van der Waals surface area contributed by atoms with Gasteiger partial charge in [-0.25, -0.2) is 4.98 Å². The maximum Gasteiger partial charge on any atom is 0.321 e. The number of hydrogen-bond donors (Lipinski definition) is 0. The molecular formula is C33H24N2O3S. The average molecular weight is 529 g/mol. The van der Waals surface area contributed by atoms with E-state index in [0.717, 1.165) is 27.9 Å². The van der Waals surface area contributed by atoms with Crippen LogP contribution in [0.1, 0.15) is 11.1 Å². The Morgan fingerprint density at radius 2 is 1.36 bits per heavy atom. The zero-order valence-corrected chi connectivity index (χ0v) is 21.8. The van der Waals surface area contributed by atoms with Gasteiger partial charge in [-0.1, -0.05) is 103 Å². The highest BCUT2D eigenvalue weighted by molar-refractivity contribution is 7.99. The first-order valence-corrected chi connectivity index (χ1v) is 13.3. The first kappa shape index (κ1) is 25.8. The van der Waals surface area contributed by atoms with Crippen molar-refractivity contribution in [3.05, 3.63) is 132 Å². The van der Waals surface area contributed by atoms with Gasteiger partial charge in [-0.2, -0.15) is 5.26 Å². The van der Waals surface area contributed by atoms with Crippen molar-refractivity contribution in [2.75, 3.05) is 5.75 Å². The first-order valence-electron chi connectivity index (χ1n) is 12.4. The number of ether oxygens (including phenoxy) is 2. The Labute approximate surface area is 231 Å². The van der Waals surface area contributed by atoms with Crippen molar-refractivity contribution in [2.24, 2.45) is 0 Å². The summed E-state index contributed by atoms with van der Waals surface area (Å²) in [6.45, 7) is 0.456. The SMILES string of the molecule is N#Cc1c(-c2ccccc2)cc(-c2ccccc2)nc1SCC(=O)Oc1ccc(OCc2ccccc2)cc1. The molecule has 39 heavy (non-hydrogen) atoms. The van der Waals surface area contributed by atoms with Gasteiger partial charge in [-0.3, -0.25) is 4.79 Å². The second-order valence-corrected chi connectivity index (χ2v) is 9.55.